The summed E-state index contributed by atoms with van der Waals surface area (Å²) in [7, 11) is 3.16. The van der Waals surface area contributed by atoms with Crippen LogP contribution in [-0.4, -0.2) is 43.4 Å². The fourth-order valence-corrected chi connectivity index (χ4v) is 3.31. The van der Waals surface area contributed by atoms with E-state index in [0.717, 1.165) is 11.1 Å². The van der Waals surface area contributed by atoms with Crippen LogP contribution in [0.3, 0.4) is 0 Å². The summed E-state index contributed by atoms with van der Waals surface area (Å²) in [5.74, 6) is 1.37. The van der Waals surface area contributed by atoms with E-state index in [9.17, 15) is 9.90 Å². The van der Waals surface area contributed by atoms with Gasteiger partial charge in [0.05, 0.1) is 20.8 Å². The monoisotopic (exact) mass is 372 g/mol. The first-order valence-electron chi connectivity index (χ1n) is 8.70. The number of aliphatic hydroxyl groups is 1. The van der Waals surface area contributed by atoms with Gasteiger partial charge in [-0.2, -0.15) is 0 Å². The normalized spacial score (nSPS) is 14.5. The van der Waals surface area contributed by atoms with E-state index in [1.54, 1.807) is 26.5 Å². The van der Waals surface area contributed by atoms with Gasteiger partial charge in [0.1, 0.15) is 17.0 Å². The molecule has 144 valence electrons. The SMILES string of the molecule is COc1ccc(CN(CCO)c2nccc3c2C(=O)OC3(C)C)cc1OC. The summed E-state index contributed by atoms with van der Waals surface area (Å²) >= 11 is 0. The number of fused-ring (bicyclic) bond motifs is 1. The first-order valence-corrected chi connectivity index (χ1v) is 8.70. The number of ether oxygens (including phenoxy) is 3. The molecule has 27 heavy (non-hydrogen) atoms. The summed E-state index contributed by atoms with van der Waals surface area (Å²) in [6.45, 7) is 4.40. The number of hydrogen-bond donors (Lipinski definition) is 1. The van der Waals surface area contributed by atoms with E-state index in [1.165, 1.54) is 0 Å². The molecule has 0 fully saturated rings. The van der Waals surface area contributed by atoms with Crippen molar-refractivity contribution in [3.05, 3.63) is 47.2 Å². The molecule has 2 heterocycles. The Morgan fingerprint density at radius 1 is 1.19 bits per heavy atom. The first-order chi connectivity index (χ1) is 12.9. The molecular formula is C20H24N2O5. The van der Waals surface area contributed by atoms with Crippen molar-refractivity contribution in [2.45, 2.75) is 26.0 Å². The molecule has 3 rings (SSSR count). The van der Waals surface area contributed by atoms with Gasteiger partial charge in [-0.15, -0.1) is 0 Å². The van der Waals surface area contributed by atoms with Gasteiger partial charge in [0.15, 0.2) is 11.5 Å². The lowest BCUT2D eigenvalue weighted by atomic mass is 9.97. The van der Waals surface area contributed by atoms with Gasteiger partial charge in [0, 0.05) is 24.8 Å². The molecule has 7 nitrogen and oxygen atoms in total. The van der Waals surface area contributed by atoms with Crippen LogP contribution < -0.4 is 14.4 Å². The number of carbonyl (C=O) groups is 1. The quantitative estimate of drug-likeness (QED) is 0.748. The number of aliphatic hydroxyl groups excluding tert-OH is 1. The largest absolute Gasteiger partial charge is 0.493 e. The molecule has 1 aliphatic heterocycles. The molecule has 1 aliphatic rings. The van der Waals surface area contributed by atoms with Crippen molar-refractivity contribution in [1.29, 1.82) is 0 Å². The molecule has 0 unspecified atom stereocenters. The number of aromatic nitrogens is 1. The van der Waals surface area contributed by atoms with Crippen molar-refractivity contribution in [3.63, 3.8) is 0 Å². The van der Waals surface area contributed by atoms with Crippen LogP contribution >= 0.6 is 0 Å². The van der Waals surface area contributed by atoms with Crippen molar-refractivity contribution >= 4 is 11.8 Å². The maximum Gasteiger partial charge on any atom is 0.343 e. The van der Waals surface area contributed by atoms with Gasteiger partial charge in [-0.05, 0) is 37.6 Å². The van der Waals surface area contributed by atoms with Crippen LogP contribution in [0.2, 0.25) is 0 Å². The van der Waals surface area contributed by atoms with Gasteiger partial charge >= 0.3 is 5.97 Å². The fraction of sp³-hybridized carbons (Fsp3) is 0.400. The second-order valence-corrected chi connectivity index (χ2v) is 6.79. The van der Waals surface area contributed by atoms with Crippen molar-refractivity contribution in [2.75, 3.05) is 32.3 Å². The van der Waals surface area contributed by atoms with E-state index >= 15 is 0 Å². The Morgan fingerprint density at radius 3 is 2.59 bits per heavy atom. The van der Waals surface area contributed by atoms with Crippen LogP contribution in [0.5, 0.6) is 11.5 Å². The average Bonchev–Trinajstić information content (AvgIpc) is 2.90. The minimum Gasteiger partial charge on any atom is -0.493 e. The number of rotatable bonds is 7. The number of carbonyl (C=O) groups excluding carboxylic acids is 1. The summed E-state index contributed by atoms with van der Waals surface area (Å²) in [4.78, 5) is 18.7. The molecule has 0 bridgehead atoms. The standard InChI is InChI=1S/C20H24N2O5/c1-20(2)14-7-8-21-18(17(14)19(24)27-20)22(9-10-23)12-13-5-6-15(25-3)16(11-13)26-4/h5-8,11,23H,9-10,12H2,1-4H3. The predicted molar refractivity (Wildman–Crippen MR) is 100 cm³/mol. The van der Waals surface area contributed by atoms with Crippen LogP contribution in [0.4, 0.5) is 5.82 Å². The molecule has 1 aromatic carbocycles. The number of pyridine rings is 1. The maximum atomic E-state index is 12.5. The first kappa shape index (κ1) is 19.0. The summed E-state index contributed by atoms with van der Waals surface area (Å²) < 4.78 is 16.1. The molecule has 1 aromatic heterocycles. The summed E-state index contributed by atoms with van der Waals surface area (Å²) in [5, 5.41) is 9.55. The summed E-state index contributed by atoms with van der Waals surface area (Å²) in [6, 6.07) is 7.41. The number of cyclic esters (lactones) is 1. The highest BCUT2D eigenvalue weighted by Crippen LogP contribution is 2.39. The predicted octanol–water partition coefficient (Wildman–Crippen LogP) is 2.50. The van der Waals surface area contributed by atoms with Crippen LogP contribution in [0.25, 0.3) is 0 Å². The van der Waals surface area contributed by atoms with Crippen molar-refractivity contribution in [3.8, 4) is 11.5 Å². The molecule has 0 aliphatic carbocycles. The van der Waals surface area contributed by atoms with E-state index in [-0.39, 0.29) is 6.61 Å². The second-order valence-electron chi connectivity index (χ2n) is 6.79. The third-order valence-corrected chi connectivity index (χ3v) is 4.62. The van der Waals surface area contributed by atoms with Gasteiger partial charge in [0.25, 0.3) is 0 Å². The molecular weight excluding hydrogens is 348 g/mol. The Balaban J connectivity index is 1.99. The third kappa shape index (κ3) is 3.55. The van der Waals surface area contributed by atoms with Crippen LogP contribution in [0.1, 0.15) is 35.3 Å². The number of hydrogen-bond acceptors (Lipinski definition) is 7. The smallest absolute Gasteiger partial charge is 0.343 e. The zero-order chi connectivity index (χ0) is 19.6. The molecule has 0 atom stereocenters. The summed E-state index contributed by atoms with van der Waals surface area (Å²) in [6.07, 6.45) is 1.66. The molecule has 0 spiro atoms. The topological polar surface area (TPSA) is 81.1 Å². The van der Waals surface area contributed by atoms with Gasteiger partial charge in [-0.3, -0.25) is 0 Å². The zero-order valence-electron chi connectivity index (χ0n) is 16.0. The lowest BCUT2D eigenvalue weighted by Crippen LogP contribution is -2.28. The second kappa shape index (κ2) is 7.44. The highest BCUT2D eigenvalue weighted by molar-refractivity contribution is 5.99. The number of anilines is 1. The van der Waals surface area contributed by atoms with Crippen LogP contribution in [0, 0.1) is 0 Å². The summed E-state index contributed by atoms with van der Waals surface area (Å²) in [5.41, 5.74) is 1.49. The van der Waals surface area contributed by atoms with E-state index < -0.39 is 11.6 Å². The molecule has 0 saturated heterocycles. The van der Waals surface area contributed by atoms with Crippen molar-refractivity contribution in [2.24, 2.45) is 0 Å². The Hall–Kier alpha value is -2.80. The molecule has 7 heteroatoms. The Kier molecular flexibility index (Phi) is 5.23. The van der Waals surface area contributed by atoms with Gasteiger partial charge in [-0.1, -0.05) is 6.07 Å². The van der Waals surface area contributed by atoms with Crippen molar-refractivity contribution < 1.29 is 24.1 Å². The number of benzene rings is 1. The highest BCUT2D eigenvalue weighted by atomic mass is 16.6. The molecule has 0 amide bonds. The maximum absolute atomic E-state index is 12.5. The van der Waals surface area contributed by atoms with E-state index in [4.69, 9.17) is 14.2 Å². The van der Waals surface area contributed by atoms with E-state index in [1.807, 2.05) is 36.9 Å². The third-order valence-electron chi connectivity index (χ3n) is 4.62. The Bertz CT molecular complexity index is 850. The minimum atomic E-state index is -0.696. The molecule has 0 saturated carbocycles. The number of esters is 1. The van der Waals surface area contributed by atoms with Crippen LogP contribution in [0.15, 0.2) is 30.5 Å². The molecule has 0 radical (unpaired) electrons. The highest BCUT2D eigenvalue weighted by Gasteiger charge is 2.40. The number of nitrogens with zero attached hydrogens (tertiary/aromatic N) is 2. The van der Waals surface area contributed by atoms with Crippen LogP contribution in [-0.2, 0) is 16.9 Å². The Labute approximate surface area is 158 Å². The van der Waals surface area contributed by atoms with Gasteiger partial charge < -0.3 is 24.2 Å². The molecule has 1 N–H and O–H groups in total. The lowest BCUT2D eigenvalue weighted by molar-refractivity contribution is 0.00956. The fourth-order valence-electron chi connectivity index (χ4n) is 3.31. The number of methoxy groups -OCH3 is 2. The average molecular weight is 372 g/mol. The Morgan fingerprint density at radius 2 is 1.93 bits per heavy atom. The van der Waals surface area contributed by atoms with Gasteiger partial charge in [-0.25, -0.2) is 9.78 Å². The van der Waals surface area contributed by atoms with Gasteiger partial charge in [0.2, 0.25) is 0 Å². The van der Waals surface area contributed by atoms with Crippen molar-refractivity contribution in [1.82, 2.24) is 4.98 Å². The van der Waals surface area contributed by atoms with E-state index in [0.29, 0.717) is 36.0 Å². The lowest BCUT2D eigenvalue weighted by Gasteiger charge is -2.25. The minimum absolute atomic E-state index is 0.0723. The van der Waals surface area contributed by atoms with E-state index in [2.05, 4.69) is 4.98 Å². The molecule has 2 aromatic rings. The zero-order valence-corrected chi connectivity index (χ0v) is 16.0.